The largest absolute Gasteiger partial charge is 0.466 e. The van der Waals surface area contributed by atoms with Gasteiger partial charge in [0.05, 0.1) is 12.1 Å². The molecule has 1 N–H and O–H groups in total. The Morgan fingerprint density at radius 3 is 2.65 bits per heavy atom. The van der Waals surface area contributed by atoms with Crippen LogP contribution in [0.3, 0.4) is 0 Å². The highest BCUT2D eigenvalue weighted by atomic mass is 35.5. The molecule has 0 saturated heterocycles. The first-order valence-electron chi connectivity index (χ1n) is 7.42. The van der Waals surface area contributed by atoms with Gasteiger partial charge < -0.3 is 14.2 Å². The number of hydrogen-bond acceptors (Lipinski definition) is 5. The summed E-state index contributed by atoms with van der Waals surface area (Å²) >= 11 is 6.20. The molecule has 0 aliphatic rings. The monoisotopic (exact) mass is 331 g/mol. The summed E-state index contributed by atoms with van der Waals surface area (Å²) < 4.78 is 11.2. The van der Waals surface area contributed by atoms with E-state index >= 15 is 0 Å². The fraction of sp³-hybridized carbons (Fsp3) is 0.294. The van der Waals surface area contributed by atoms with Gasteiger partial charge in [-0.1, -0.05) is 29.8 Å². The van der Waals surface area contributed by atoms with Gasteiger partial charge in [-0.15, -0.1) is 10.2 Å². The Bertz CT molecular complexity index is 810. The zero-order chi connectivity index (χ0) is 16.4. The number of furan rings is 1. The fourth-order valence-electron chi connectivity index (χ4n) is 2.45. The minimum absolute atomic E-state index is 0.0805. The Labute approximate surface area is 139 Å². The Balaban J connectivity index is 1.68. The van der Waals surface area contributed by atoms with Crippen molar-refractivity contribution >= 4 is 11.6 Å². The molecule has 0 saturated carbocycles. The van der Waals surface area contributed by atoms with Crippen molar-refractivity contribution in [2.45, 2.75) is 33.4 Å². The van der Waals surface area contributed by atoms with Crippen molar-refractivity contribution in [3.63, 3.8) is 0 Å². The minimum atomic E-state index is 0.0805. The molecule has 1 aromatic carbocycles. The van der Waals surface area contributed by atoms with Gasteiger partial charge in [0, 0.05) is 11.1 Å². The molecule has 0 amide bonds. The summed E-state index contributed by atoms with van der Waals surface area (Å²) in [6.45, 7) is 6.28. The minimum Gasteiger partial charge on any atom is -0.466 e. The van der Waals surface area contributed by atoms with Crippen molar-refractivity contribution in [1.29, 1.82) is 0 Å². The highest BCUT2D eigenvalue weighted by molar-refractivity contribution is 6.31. The van der Waals surface area contributed by atoms with Crippen LogP contribution in [0.4, 0.5) is 0 Å². The Morgan fingerprint density at radius 1 is 1.17 bits per heavy atom. The molecule has 6 heteroatoms. The smallest absolute Gasteiger partial charge is 0.251 e. The van der Waals surface area contributed by atoms with Crippen LogP contribution in [0.5, 0.6) is 0 Å². The first-order valence-corrected chi connectivity index (χ1v) is 7.80. The van der Waals surface area contributed by atoms with E-state index in [0.717, 1.165) is 27.7 Å². The summed E-state index contributed by atoms with van der Waals surface area (Å²) in [6, 6.07) is 9.73. The van der Waals surface area contributed by atoms with E-state index in [-0.39, 0.29) is 6.04 Å². The van der Waals surface area contributed by atoms with Crippen molar-refractivity contribution in [2.24, 2.45) is 0 Å². The molecule has 1 atom stereocenters. The first kappa shape index (κ1) is 15.8. The SMILES string of the molecule is Cc1cc(-c2nnc(CNC(C)c3ccccc3Cl)o2)c(C)o1. The number of nitrogens with zero attached hydrogens (tertiary/aromatic N) is 2. The predicted molar refractivity (Wildman–Crippen MR) is 88.2 cm³/mol. The first-order chi connectivity index (χ1) is 11.0. The molecule has 2 aromatic heterocycles. The van der Waals surface area contributed by atoms with Gasteiger partial charge in [0.1, 0.15) is 11.5 Å². The van der Waals surface area contributed by atoms with Crippen LogP contribution in [0.25, 0.3) is 11.5 Å². The lowest BCUT2D eigenvalue weighted by molar-refractivity contribution is 0.452. The summed E-state index contributed by atoms with van der Waals surface area (Å²) in [6.07, 6.45) is 0. The zero-order valence-electron chi connectivity index (χ0n) is 13.3. The third-order valence-electron chi connectivity index (χ3n) is 3.67. The second kappa shape index (κ2) is 6.56. The van der Waals surface area contributed by atoms with Crippen LogP contribution >= 0.6 is 11.6 Å². The van der Waals surface area contributed by atoms with E-state index in [9.17, 15) is 0 Å². The van der Waals surface area contributed by atoms with Gasteiger partial charge in [0.25, 0.3) is 5.89 Å². The molecule has 5 nitrogen and oxygen atoms in total. The summed E-state index contributed by atoms with van der Waals surface area (Å²) in [5.74, 6) is 2.59. The molecule has 2 heterocycles. The van der Waals surface area contributed by atoms with E-state index in [1.165, 1.54) is 0 Å². The summed E-state index contributed by atoms with van der Waals surface area (Å²) in [7, 11) is 0. The number of halogens is 1. The molecule has 0 radical (unpaired) electrons. The molecule has 0 spiro atoms. The summed E-state index contributed by atoms with van der Waals surface area (Å²) in [5, 5.41) is 12.2. The van der Waals surface area contributed by atoms with Crippen LogP contribution in [0.2, 0.25) is 5.02 Å². The average Bonchev–Trinajstić information content (AvgIpc) is 3.11. The lowest BCUT2D eigenvalue weighted by atomic mass is 10.1. The van der Waals surface area contributed by atoms with Crippen LogP contribution in [-0.2, 0) is 6.54 Å². The number of aromatic nitrogens is 2. The van der Waals surface area contributed by atoms with E-state index in [0.29, 0.717) is 18.3 Å². The molecule has 0 bridgehead atoms. The quantitative estimate of drug-likeness (QED) is 0.748. The molecule has 0 aliphatic carbocycles. The molecule has 1 unspecified atom stereocenters. The number of hydrogen-bond donors (Lipinski definition) is 1. The van der Waals surface area contributed by atoms with Crippen molar-refractivity contribution in [2.75, 3.05) is 0 Å². The van der Waals surface area contributed by atoms with E-state index in [2.05, 4.69) is 15.5 Å². The van der Waals surface area contributed by atoms with Crippen molar-refractivity contribution in [3.8, 4) is 11.5 Å². The van der Waals surface area contributed by atoms with E-state index in [1.807, 2.05) is 51.1 Å². The second-order valence-corrected chi connectivity index (χ2v) is 5.86. The standard InChI is InChI=1S/C17H18ClN3O2/c1-10-8-14(12(3)22-10)17-21-20-16(23-17)9-19-11(2)13-6-4-5-7-15(13)18/h4-8,11,19H,9H2,1-3H3. The molecule has 0 fully saturated rings. The molecule has 0 aliphatic heterocycles. The van der Waals surface area contributed by atoms with Gasteiger partial charge in [0.2, 0.25) is 5.89 Å². The lowest BCUT2D eigenvalue weighted by Crippen LogP contribution is -2.18. The van der Waals surface area contributed by atoms with Crippen LogP contribution < -0.4 is 5.32 Å². The second-order valence-electron chi connectivity index (χ2n) is 5.45. The van der Waals surface area contributed by atoms with Gasteiger partial charge in [0.15, 0.2) is 0 Å². The topological polar surface area (TPSA) is 64.1 Å². The Morgan fingerprint density at radius 2 is 1.96 bits per heavy atom. The number of benzene rings is 1. The maximum absolute atomic E-state index is 6.20. The van der Waals surface area contributed by atoms with Crippen LogP contribution in [-0.4, -0.2) is 10.2 Å². The highest BCUT2D eigenvalue weighted by Crippen LogP contribution is 2.26. The van der Waals surface area contributed by atoms with E-state index < -0.39 is 0 Å². The highest BCUT2D eigenvalue weighted by Gasteiger charge is 2.15. The van der Waals surface area contributed by atoms with Crippen LogP contribution in [0.1, 0.15) is 35.9 Å². The van der Waals surface area contributed by atoms with Crippen LogP contribution in [0, 0.1) is 13.8 Å². The van der Waals surface area contributed by atoms with Gasteiger partial charge in [-0.25, -0.2) is 0 Å². The van der Waals surface area contributed by atoms with Gasteiger partial charge in [-0.05, 0) is 38.5 Å². The fourth-order valence-corrected chi connectivity index (χ4v) is 2.75. The third kappa shape index (κ3) is 3.46. The molecular formula is C17H18ClN3O2. The predicted octanol–water partition coefficient (Wildman–Crippen LogP) is 4.45. The maximum Gasteiger partial charge on any atom is 0.251 e. The molecular weight excluding hydrogens is 314 g/mol. The van der Waals surface area contributed by atoms with Crippen molar-refractivity contribution < 1.29 is 8.83 Å². The summed E-state index contributed by atoms with van der Waals surface area (Å²) in [4.78, 5) is 0. The van der Waals surface area contributed by atoms with Gasteiger partial charge in [-0.3, -0.25) is 0 Å². The molecule has 23 heavy (non-hydrogen) atoms. The maximum atomic E-state index is 6.20. The van der Waals surface area contributed by atoms with Gasteiger partial charge >= 0.3 is 0 Å². The molecule has 3 rings (SSSR count). The third-order valence-corrected chi connectivity index (χ3v) is 4.01. The number of nitrogens with one attached hydrogen (secondary N) is 1. The normalized spacial score (nSPS) is 12.5. The number of rotatable bonds is 5. The number of aryl methyl sites for hydroxylation is 2. The Kier molecular flexibility index (Phi) is 4.50. The van der Waals surface area contributed by atoms with E-state index in [1.54, 1.807) is 0 Å². The average molecular weight is 332 g/mol. The van der Waals surface area contributed by atoms with Crippen molar-refractivity contribution in [1.82, 2.24) is 15.5 Å². The van der Waals surface area contributed by atoms with Crippen molar-refractivity contribution in [3.05, 3.63) is 58.3 Å². The molecule has 120 valence electrons. The van der Waals surface area contributed by atoms with Crippen LogP contribution in [0.15, 0.2) is 39.2 Å². The lowest BCUT2D eigenvalue weighted by Gasteiger charge is -2.14. The Hall–Kier alpha value is -2.11. The molecule has 3 aromatic rings. The van der Waals surface area contributed by atoms with E-state index in [4.69, 9.17) is 20.4 Å². The van der Waals surface area contributed by atoms with Gasteiger partial charge in [-0.2, -0.15) is 0 Å². The zero-order valence-corrected chi connectivity index (χ0v) is 14.0. The summed E-state index contributed by atoms with van der Waals surface area (Å²) in [5.41, 5.74) is 1.87.